The SMILES string of the molecule is C=Cc1ccc(CSCC2CCCN2)cc1. The highest BCUT2D eigenvalue weighted by molar-refractivity contribution is 7.98. The second-order valence-electron chi connectivity index (χ2n) is 4.25. The highest BCUT2D eigenvalue weighted by Gasteiger charge is 2.13. The summed E-state index contributed by atoms with van der Waals surface area (Å²) in [4.78, 5) is 0. The Kier molecular flexibility index (Phi) is 4.49. The van der Waals surface area contributed by atoms with E-state index in [9.17, 15) is 0 Å². The maximum Gasteiger partial charge on any atom is 0.0185 e. The minimum atomic E-state index is 0.748. The zero-order chi connectivity index (χ0) is 11.2. The van der Waals surface area contributed by atoms with Crippen molar-refractivity contribution in [2.24, 2.45) is 0 Å². The quantitative estimate of drug-likeness (QED) is 0.837. The van der Waals surface area contributed by atoms with E-state index in [0.717, 1.165) is 11.8 Å². The van der Waals surface area contributed by atoms with E-state index in [2.05, 4.69) is 36.2 Å². The molecular formula is C14H19NS. The Morgan fingerprint density at radius 2 is 2.19 bits per heavy atom. The van der Waals surface area contributed by atoms with Gasteiger partial charge in [0.2, 0.25) is 0 Å². The van der Waals surface area contributed by atoms with E-state index in [1.807, 2.05) is 17.8 Å². The van der Waals surface area contributed by atoms with Gasteiger partial charge < -0.3 is 5.32 Å². The van der Waals surface area contributed by atoms with Crippen molar-refractivity contribution in [3.8, 4) is 0 Å². The van der Waals surface area contributed by atoms with Gasteiger partial charge in [0.05, 0.1) is 0 Å². The van der Waals surface area contributed by atoms with Crippen molar-refractivity contribution < 1.29 is 0 Å². The molecule has 0 aromatic heterocycles. The molecule has 1 saturated heterocycles. The van der Waals surface area contributed by atoms with Gasteiger partial charge in [-0.1, -0.05) is 36.9 Å². The molecule has 1 aromatic carbocycles. The lowest BCUT2D eigenvalue weighted by molar-refractivity contribution is 0.674. The molecule has 0 bridgehead atoms. The van der Waals surface area contributed by atoms with Crippen LogP contribution in [0.5, 0.6) is 0 Å². The molecular weight excluding hydrogens is 214 g/mol. The molecule has 0 amide bonds. The molecule has 2 rings (SSSR count). The Balaban J connectivity index is 1.73. The largest absolute Gasteiger partial charge is 0.313 e. The third kappa shape index (κ3) is 3.39. The standard InChI is InChI=1S/C14H19NS/c1-2-12-5-7-13(8-6-12)10-16-11-14-4-3-9-15-14/h2,5-8,14-15H,1,3-4,9-11H2. The van der Waals surface area contributed by atoms with Crippen LogP contribution in [0.15, 0.2) is 30.8 Å². The topological polar surface area (TPSA) is 12.0 Å². The Morgan fingerprint density at radius 1 is 1.38 bits per heavy atom. The van der Waals surface area contributed by atoms with Crippen LogP contribution in [0, 0.1) is 0 Å². The van der Waals surface area contributed by atoms with E-state index < -0.39 is 0 Å². The fourth-order valence-corrected chi connectivity index (χ4v) is 3.08. The minimum absolute atomic E-state index is 0.748. The fourth-order valence-electron chi connectivity index (χ4n) is 1.97. The van der Waals surface area contributed by atoms with Gasteiger partial charge in [-0.15, -0.1) is 0 Å². The second-order valence-corrected chi connectivity index (χ2v) is 5.28. The Labute approximate surface area is 102 Å². The summed E-state index contributed by atoms with van der Waals surface area (Å²) in [5.41, 5.74) is 2.61. The molecule has 86 valence electrons. The average Bonchev–Trinajstić information content (AvgIpc) is 2.83. The van der Waals surface area contributed by atoms with Gasteiger partial charge >= 0.3 is 0 Å². The zero-order valence-electron chi connectivity index (χ0n) is 9.61. The molecule has 1 nitrogen and oxygen atoms in total. The lowest BCUT2D eigenvalue weighted by Crippen LogP contribution is -2.23. The van der Waals surface area contributed by atoms with Crippen LogP contribution in [0.4, 0.5) is 0 Å². The van der Waals surface area contributed by atoms with Crippen molar-refractivity contribution in [2.75, 3.05) is 12.3 Å². The van der Waals surface area contributed by atoms with Crippen LogP contribution < -0.4 is 5.32 Å². The first-order valence-corrected chi connectivity index (χ1v) is 7.06. The van der Waals surface area contributed by atoms with Crippen LogP contribution in [0.1, 0.15) is 24.0 Å². The van der Waals surface area contributed by atoms with Crippen molar-refractivity contribution in [1.29, 1.82) is 0 Å². The summed E-state index contributed by atoms with van der Waals surface area (Å²) < 4.78 is 0. The maximum absolute atomic E-state index is 3.76. The van der Waals surface area contributed by atoms with E-state index >= 15 is 0 Å². The van der Waals surface area contributed by atoms with Gasteiger partial charge in [0.1, 0.15) is 0 Å². The molecule has 1 heterocycles. The summed E-state index contributed by atoms with van der Waals surface area (Å²) in [5, 5.41) is 3.53. The summed E-state index contributed by atoms with van der Waals surface area (Å²) in [5.74, 6) is 2.36. The molecule has 1 aliphatic rings. The van der Waals surface area contributed by atoms with Gasteiger partial charge in [-0.3, -0.25) is 0 Å². The van der Waals surface area contributed by atoms with E-state index in [0.29, 0.717) is 0 Å². The molecule has 1 aromatic rings. The molecule has 1 unspecified atom stereocenters. The summed E-state index contributed by atoms with van der Waals surface area (Å²) in [6.45, 7) is 4.97. The van der Waals surface area contributed by atoms with Crippen LogP contribution >= 0.6 is 11.8 Å². The Bertz CT molecular complexity index is 325. The lowest BCUT2D eigenvalue weighted by Gasteiger charge is -2.09. The van der Waals surface area contributed by atoms with Crippen LogP contribution in [-0.2, 0) is 5.75 Å². The lowest BCUT2D eigenvalue weighted by atomic mass is 10.1. The third-order valence-electron chi connectivity index (χ3n) is 2.97. The number of benzene rings is 1. The number of hydrogen-bond acceptors (Lipinski definition) is 2. The predicted octanol–water partition coefficient (Wildman–Crippen LogP) is 3.31. The summed E-state index contributed by atoms with van der Waals surface area (Å²) in [7, 11) is 0. The summed E-state index contributed by atoms with van der Waals surface area (Å²) in [6, 6.07) is 9.42. The first-order valence-electron chi connectivity index (χ1n) is 5.91. The summed E-state index contributed by atoms with van der Waals surface area (Å²) in [6.07, 6.45) is 4.58. The normalized spacial score (nSPS) is 19.9. The molecule has 0 saturated carbocycles. The highest BCUT2D eigenvalue weighted by atomic mass is 32.2. The molecule has 0 aliphatic carbocycles. The highest BCUT2D eigenvalue weighted by Crippen LogP contribution is 2.17. The van der Waals surface area contributed by atoms with Gasteiger partial charge in [-0.05, 0) is 30.5 Å². The van der Waals surface area contributed by atoms with E-state index in [1.165, 1.54) is 36.3 Å². The van der Waals surface area contributed by atoms with Gasteiger partial charge in [0, 0.05) is 17.5 Å². The first-order chi connectivity index (χ1) is 7.88. The molecule has 1 N–H and O–H groups in total. The van der Waals surface area contributed by atoms with Crippen LogP contribution in [-0.4, -0.2) is 18.3 Å². The van der Waals surface area contributed by atoms with Gasteiger partial charge in [0.25, 0.3) is 0 Å². The van der Waals surface area contributed by atoms with Crippen molar-refractivity contribution in [2.45, 2.75) is 24.6 Å². The molecule has 1 fully saturated rings. The molecule has 2 heteroatoms. The molecule has 1 atom stereocenters. The van der Waals surface area contributed by atoms with Crippen molar-refractivity contribution in [3.05, 3.63) is 42.0 Å². The Hall–Kier alpha value is -0.730. The molecule has 0 radical (unpaired) electrons. The van der Waals surface area contributed by atoms with Gasteiger partial charge in [-0.2, -0.15) is 11.8 Å². The number of thioether (sulfide) groups is 1. The zero-order valence-corrected chi connectivity index (χ0v) is 10.4. The van der Waals surface area contributed by atoms with Crippen LogP contribution in [0.2, 0.25) is 0 Å². The first kappa shape index (κ1) is 11.7. The minimum Gasteiger partial charge on any atom is -0.313 e. The third-order valence-corrected chi connectivity index (χ3v) is 4.14. The number of nitrogens with one attached hydrogen (secondary N) is 1. The summed E-state index contributed by atoms with van der Waals surface area (Å²) >= 11 is 2.03. The number of hydrogen-bond donors (Lipinski definition) is 1. The maximum atomic E-state index is 3.76. The van der Waals surface area contributed by atoms with E-state index in [4.69, 9.17) is 0 Å². The molecule has 1 aliphatic heterocycles. The van der Waals surface area contributed by atoms with E-state index in [1.54, 1.807) is 0 Å². The van der Waals surface area contributed by atoms with Gasteiger partial charge in [0.15, 0.2) is 0 Å². The Morgan fingerprint density at radius 3 is 2.81 bits per heavy atom. The fraction of sp³-hybridized carbons (Fsp3) is 0.429. The monoisotopic (exact) mass is 233 g/mol. The number of rotatable bonds is 5. The average molecular weight is 233 g/mol. The van der Waals surface area contributed by atoms with Crippen molar-refractivity contribution >= 4 is 17.8 Å². The predicted molar refractivity (Wildman–Crippen MR) is 73.7 cm³/mol. The molecule has 16 heavy (non-hydrogen) atoms. The van der Waals surface area contributed by atoms with Crippen molar-refractivity contribution in [1.82, 2.24) is 5.32 Å². The van der Waals surface area contributed by atoms with Crippen LogP contribution in [0.25, 0.3) is 6.08 Å². The van der Waals surface area contributed by atoms with Gasteiger partial charge in [-0.25, -0.2) is 0 Å². The second kappa shape index (κ2) is 6.12. The molecule has 0 spiro atoms. The van der Waals surface area contributed by atoms with Crippen molar-refractivity contribution in [3.63, 3.8) is 0 Å². The van der Waals surface area contributed by atoms with Crippen LogP contribution in [0.3, 0.4) is 0 Å². The smallest absolute Gasteiger partial charge is 0.0185 e. The van der Waals surface area contributed by atoms with E-state index in [-0.39, 0.29) is 0 Å².